The van der Waals surface area contributed by atoms with Crippen molar-refractivity contribution in [2.24, 2.45) is 5.92 Å². The number of hydrogen-bond acceptors (Lipinski definition) is 3. The zero-order valence-electron chi connectivity index (χ0n) is 7.66. The Morgan fingerprint density at radius 3 is 3.00 bits per heavy atom. The third-order valence-electron chi connectivity index (χ3n) is 1.99. The summed E-state index contributed by atoms with van der Waals surface area (Å²) in [6.45, 7) is 5.70. The molecule has 0 N–H and O–H groups in total. The highest BCUT2D eigenvalue weighted by atomic mass is 16.7. The van der Waals surface area contributed by atoms with Crippen LogP contribution in [-0.2, 0) is 14.4 Å². The maximum absolute atomic E-state index is 11.4. The van der Waals surface area contributed by atoms with Crippen LogP contribution in [0.1, 0.15) is 19.8 Å². The molecule has 0 aliphatic carbocycles. The highest BCUT2D eigenvalue weighted by molar-refractivity contribution is 5.83. The van der Waals surface area contributed by atoms with Gasteiger partial charge in [-0.05, 0) is 6.42 Å². The lowest BCUT2D eigenvalue weighted by atomic mass is 10.1. The van der Waals surface area contributed by atoms with Gasteiger partial charge in [-0.2, -0.15) is 5.06 Å². The zero-order valence-corrected chi connectivity index (χ0v) is 7.66. The van der Waals surface area contributed by atoms with Crippen molar-refractivity contribution in [3.8, 4) is 0 Å². The molecule has 4 heteroatoms. The van der Waals surface area contributed by atoms with Gasteiger partial charge in [0.25, 0.3) is 5.91 Å². The Morgan fingerprint density at radius 1 is 1.85 bits per heavy atom. The van der Waals surface area contributed by atoms with Crippen molar-refractivity contribution < 1.29 is 14.4 Å². The minimum Gasteiger partial charge on any atom is -0.338 e. The van der Waals surface area contributed by atoms with Gasteiger partial charge < -0.3 is 4.84 Å². The molecule has 1 heterocycles. The maximum Gasteiger partial charge on any atom is 0.332 e. The Hall–Kier alpha value is -1.32. The molecule has 1 saturated heterocycles. The summed E-state index contributed by atoms with van der Waals surface area (Å²) in [6, 6.07) is 0. The average molecular weight is 183 g/mol. The summed E-state index contributed by atoms with van der Waals surface area (Å²) in [4.78, 5) is 27.0. The Balaban J connectivity index is 2.50. The van der Waals surface area contributed by atoms with Gasteiger partial charge >= 0.3 is 5.97 Å². The predicted molar refractivity (Wildman–Crippen MR) is 46.4 cm³/mol. The highest BCUT2D eigenvalue weighted by Crippen LogP contribution is 2.18. The molecule has 1 amide bonds. The molecule has 1 fully saturated rings. The molecule has 1 rings (SSSR count). The molecule has 1 atom stereocenters. The molecular formula is C9H13NO3. The van der Waals surface area contributed by atoms with Crippen molar-refractivity contribution in [2.75, 3.05) is 6.54 Å². The second-order valence-corrected chi connectivity index (χ2v) is 2.89. The lowest BCUT2D eigenvalue weighted by molar-refractivity contribution is -0.193. The first-order chi connectivity index (χ1) is 6.19. The number of carbonyl (C=O) groups excluding carboxylic acids is 2. The van der Waals surface area contributed by atoms with E-state index >= 15 is 0 Å². The van der Waals surface area contributed by atoms with Crippen LogP contribution in [0.5, 0.6) is 0 Å². The van der Waals surface area contributed by atoms with E-state index < -0.39 is 0 Å². The summed E-state index contributed by atoms with van der Waals surface area (Å²) in [7, 11) is 0. The summed E-state index contributed by atoms with van der Waals surface area (Å²) in [5.74, 6) is -0.737. The van der Waals surface area contributed by atoms with Crippen LogP contribution in [0.2, 0.25) is 0 Å². The Kier molecular flexibility index (Phi) is 3.06. The molecule has 0 aromatic carbocycles. The van der Waals surface area contributed by atoms with E-state index in [0.717, 1.165) is 5.06 Å². The van der Waals surface area contributed by atoms with Crippen LogP contribution >= 0.6 is 0 Å². The van der Waals surface area contributed by atoms with E-state index in [-0.39, 0.29) is 24.2 Å². The first kappa shape index (κ1) is 9.77. The van der Waals surface area contributed by atoms with Crippen LogP contribution in [0.4, 0.5) is 0 Å². The topological polar surface area (TPSA) is 46.6 Å². The Bertz CT molecular complexity index is 237. The van der Waals surface area contributed by atoms with Gasteiger partial charge in [-0.15, -0.1) is 6.58 Å². The van der Waals surface area contributed by atoms with Crippen molar-refractivity contribution in [1.29, 1.82) is 0 Å². The second kappa shape index (κ2) is 4.07. The van der Waals surface area contributed by atoms with Gasteiger partial charge in [0.05, 0.1) is 12.5 Å². The number of nitrogens with zero attached hydrogens (tertiary/aromatic N) is 1. The maximum atomic E-state index is 11.4. The number of rotatable bonds is 3. The van der Waals surface area contributed by atoms with Gasteiger partial charge in [-0.1, -0.05) is 13.0 Å². The van der Waals surface area contributed by atoms with Gasteiger partial charge in [0.2, 0.25) is 0 Å². The summed E-state index contributed by atoms with van der Waals surface area (Å²) in [5.41, 5.74) is 0. The smallest absolute Gasteiger partial charge is 0.332 e. The molecule has 1 aliphatic heterocycles. The van der Waals surface area contributed by atoms with Crippen molar-refractivity contribution in [1.82, 2.24) is 5.06 Å². The summed E-state index contributed by atoms with van der Waals surface area (Å²) >= 11 is 0. The third-order valence-corrected chi connectivity index (χ3v) is 1.99. The van der Waals surface area contributed by atoms with Crippen LogP contribution in [0.3, 0.4) is 0 Å². The van der Waals surface area contributed by atoms with E-state index in [0.29, 0.717) is 13.0 Å². The monoisotopic (exact) mass is 183 g/mol. The number of carbonyl (C=O) groups is 2. The van der Waals surface area contributed by atoms with Gasteiger partial charge in [0.1, 0.15) is 0 Å². The fraction of sp³-hybridized carbons (Fsp3) is 0.556. The van der Waals surface area contributed by atoms with Crippen molar-refractivity contribution in [3.63, 3.8) is 0 Å². The molecule has 1 aliphatic rings. The fourth-order valence-corrected chi connectivity index (χ4v) is 1.17. The summed E-state index contributed by atoms with van der Waals surface area (Å²) in [5, 5.41) is 1.12. The lowest BCUT2D eigenvalue weighted by Crippen LogP contribution is -2.29. The third kappa shape index (κ3) is 2.08. The van der Waals surface area contributed by atoms with Gasteiger partial charge in [0.15, 0.2) is 0 Å². The molecule has 0 bridgehead atoms. The quantitative estimate of drug-likeness (QED) is 0.610. The molecular weight excluding hydrogens is 170 g/mol. The fourth-order valence-electron chi connectivity index (χ4n) is 1.17. The molecule has 0 saturated carbocycles. The largest absolute Gasteiger partial charge is 0.338 e. The molecule has 0 spiro atoms. The van der Waals surface area contributed by atoms with Crippen LogP contribution in [0, 0.1) is 5.92 Å². The van der Waals surface area contributed by atoms with E-state index in [1.54, 1.807) is 13.0 Å². The molecule has 72 valence electrons. The molecule has 0 aromatic heterocycles. The summed E-state index contributed by atoms with van der Waals surface area (Å²) in [6.07, 6.45) is 2.55. The van der Waals surface area contributed by atoms with Crippen LogP contribution < -0.4 is 0 Å². The molecule has 13 heavy (non-hydrogen) atoms. The van der Waals surface area contributed by atoms with E-state index in [1.165, 1.54) is 0 Å². The molecule has 1 unspecified atom stereocenters. The van der Waals surface area contributed by atoms with Gasteiger partial charge in [-0.25, -0.2) is 4.79 Å². The Labute approximate surface area is 77.1 Å². The molecule has 4 nitrogen and oxygen atoms in total. The lowest BCUT2D eigenvalue weighted by Gasteiger charge is -2.13. The standard InChI is InChI=1S/C9H13NO3/c1-3-7-5-6-10(9(7)12)13-8(11)4-2/h3,7H,1,4-6H2,2H3. The minimum absolute atomic E-state index is 0.170. The van der Waals surface area contributed by atoms with Crippen LogP contribution in [0.15, 0.2) is 12.7 Å². The van der Waals surface area contributed by atoms with Crippen molar-refractivity contribution >= 4 is 11.9 Å². The van der Waals surface area contributed by atoms with Crippen LogP contribution in [0.25, 0.3) is 0 Å². The first-order valence-electron chi connectivity index (χ1n) is 4.33. The van der Waals surface area contributed by atoms with Gasteiger partial charge in [0, 0.05) is 6.42 Å². The number of hydroxylamine groups is 2. The SMILES string of the molecule is C=CC1CCN(OC(=O)CC)C1=O. The minimum atomic E-state index is -0.377. The van der Waals surface area contributed by atoms with E-state index in [4.69, 9.17) is 4.84 Å². The highest BCUT2D eigenvalue weighted by Gasteiger charge is 2.31. The normalized spacial score (nSPS) is 21.8. The first-order valence-corrected chi connectivity index (χ1v) is 4.33. The van der Waals surface area contributed by atoms with Crippen molar-refractivity contribution in [3.05, 3.63) is 12.7 Å². The second-order valence-electron chi connectivity index (χ2n) is 2.89. The van der Waals surface area contributed by atoms with E-state index in [9.17, 15) is 9.59 Å². The van der Waals surface area contributed by atoms with Gasteiger partial charge in [-0.3, -0.25) is 4.79 Å². The number of hydrogen-bond donors (Lipinski definition) is 0. The zero-order chi connectivity index (χ0) is 9.84. The number of amides is 1. The predicted octanol–water partition coefficient (Wildman–Crippen LogP) is 0.889. The Morgan fingerprint density at radius 2 is 2.54 bits per heavy atom. The average Bonchev–Trinajstić information content (AvgIpc) is 2.48. The van der Waals surface area contributed by atoms with E-state index in [1.807, 2.05) is 0 Å². The summed E-state index contributed by atoms with van der Waals surface area (Å²) < 4.78 is 0. The van der Waals surface area contributed by atoms with Crippen molar-refractivity contribution in [2.45, 2.75) is 19.8 Å². The van der Waals surface area contributed by atoms with E-state index in [2.05, 4.69) is 6.58 Å². The molecule has 0 radical (unpaired) electrons. The van der Waals surface area contributed by atoms with Crippen LogP contribution in [-0.4, -0.2) is 23.5 Å². The molecule has 0 aromatic rings.